The van der Waals surface area contributed by atoms with E-state index in [9.17, 15) is 0 Å². The molecule has 0 spiro atoms. The topological polar surface area (TPSA) is 12.9 Å². The lowest BCUT2D eigenvalue weighted by atomic mass is 9.69. The lowest BCUT2D eigenvalue weighted by Crippen LogP contribution is -2.32. The van der Waals surface area contributed by atoms with Crippen LogP contribution in [-0.2, 0) is 11.8 Å². The molecule has 0 N–H and O–H groups in total. The summed E-state index contributed by atoms with van der Waals surface area (Å²) < 4.78 is 0. The van der Waals surface area contributed by atoms with Crippen LogP contribution in [-0.4, -0.2) is 4.98 Å². The van der Waals surface area contributed by atoms with E-state index in [1.165, 1.54) is 29.8 Å². The Morgan fingerprint density at radius 2 is 2.07 bits per heavy atom. The maximum atomic E-state index is 4.55. The third-order valence-electron chi connectivity index (χ3n) is 3.56. The molecule has 0 amide bonds. The summed E-state index contributed by atoms with van der Waals surface area (Å²) in [5.74, 6) is 0.702. The Hall–Kier alpha value is -0.370. The van der Waals surface area contributed by atoms with Crippen molar-refractivity contribution in [3.8, 4) is 0 Å². The van der Waals surface area contributed by atoms with Crippen LogP contribution in [0.5, 0.6) is 0 Å². The Morgan fingerprint density at radius 3 is 2.67 bits per heavy atom. The van der Waals surface area contributed by atoms with Crippen LogP contribution in [0.3, 0.4) is 0 Å². The number of aryl methyl sites for hydroxylation is 1. The first-order valence-electron chi connectivity index (χ1n) is 6.07. The normalized spacial score (nSPS) is 24.4. The van der Waals surface area contributed by atoms with Crippen LogP contribution in [0.4, 0.5) is 0 Å². The van der Waals surface area contributed by atoms with Gasteiger partial charge in [-0.3, -0.25) is 0 Å². The van der Waals surface area contributed by atoms with Crippen LogP contribution in [0.1, 0.15) is 58.0 Å². The second-order valence-corrected chi connectivity index (χ2v) is 5.49. The molecule has 0 saturated carbocycles. The number of hydrogen-bond donors (Lipinski definition) is 0. The quantitative estimate of drug-likeness (QED) is 0.689. The highest BCUT2D eigenvalue weighted by molar-refractivity contribution is 7.09. The predicted molar refractivity (Wildman–Crippen MR) is 68.6 cm³/mol. The molecule has 15 heavy (non-hydrogen) atoms. The third-order valence-corrected chi connectivity index (χ3v) is 4.45. The minimum Gasteiger partial charge on any atom is -0.249 e. The van der Waals surface area contributed by atoms with Gasteiger partial charge in [-0.25, -0.2) is 4.98 Å². The molecular weight excluding hydrogens is 202 g/mol. The van der Waals surface area contributed by atoms with Gasteiger partial charge in [-0.05, 0) is 25.2 Å². The molecule has 1 aromatic heterocycles. The number of fused-ring (bicyclic) bond motifs is 1. The SMILES string of the molecule is CC.CC(C)C1(C)CCCc2scnc21. The molecule has 2 rings (SSSR count). The molecule has 1 atom stereocenters. The van der Waals surface area contributed by atoms with E-state index in [-0.39, 0.29) is 0 Å². The van der Waals surface area contributed by atoms with Crippen molar-refractivity contribution >= 4 is 11.3 Å². The summed E-state index contributed by atoms with van der Waals surface area (Å²) in [4.78, 5) is 6.08. The fraction of sp³-hybridized carbons (Fsp3) is 0.769. The van der Waals surface area contributed by atoms with Crippen molar-refractivity contribution in [1.82, 2.24) is 4.98 Å². The summed E-state index contributed by atoms with van der Waals surface area (Å²) in [5, 5.41) is 0. The monoisotopic (exact) mass is 225 g/mol. The molecule has 0 bridgehead atoms. The Balaban J connectivity index is 0.000000531. The molecule has 1 heterocycles. The van der Waals surface area contributed by atoms with Gasteiger partial charge in [0.2, 0.25) is 0 Å². The molecule has 1 unspecified atom stereocenters. The maximum Gasteiger partial charge on any atom is 0.0797 e. The lowest BCUT2D eigenvalue weighted by Gasteiger charge is -2.36. The summed E-state index contributed by atoms with van der Waals surface area (Å²) in [6, 6.07) is 0. The number of aromatic nitrogens is 1. The van der Waals surface area contributed by atoms with E-state index in [2.05, 4.69) is 25.8 Å². The van der Waals surface area contributed by atoms with Gasteiger partial charge in [-0.1, -0.05) is 34.6 Å². The van der Waals surface area contributed by atoms with Gasteiger partial charge in [0.1, 0.15) is 0 Å². The molecular formula is C13H23NS. The van der Waals surface area contributed by atoms with Crippen molar-refractivity contribution in [3.63, 3.8) is 0 Å². The Bertz CT molecular complexity index is 303. The largest absolute Gasteiger partial charge is 0.249 e. The Kier molecular flexibility index (Phi) is 4.32. The van der Waals surface area contributed by atoms with Crippen molar-refractivity contribution in [2.75, 3.05) is 0 Å². The molecule has 1 aliphatic rings. The van der Waals surface area contributed by atoms with Crippen molar-refractivity contribution in [1.29, 1.82) is 0 Å². The third kappa shape index (κ3) is 2.25. The van der Waals surface area contributed by atoms with Gasteiger partial charge in [0, 0.05) is 10.3 Å². The molecule has 2 heteroatoms. The number of nitrogens with zero attached hydrogens (tertiary/aromatic N) is 1. The van der Waals surface area contributed by atoms with Crippen molar-refractivity contribution in [3.05, 3.63) is 16.1 Å². The zero-order chi connectivity index (χ0) is 11.5. The Labute approximate surface area is 97.9 Å². The van der Waals surface area contributed by atoms with Crippen LogP contribution in [0.25, 0.3) is 0 Å². The van der Waals surface area contributed by atoms with E-state index >= 15 is 0 Å². The minimum atomic E-state index is 0.341. The zero-order valence-electron chi connectivity index (χ0n) is 10.6. The van der Waals surface area contributed by atoms with Gasteiger partial charge in [0.15, 0.2) is 0 Å². The van der Waals surface area contributed by atoms with Gasteiger partial charge >= 0.3 is 0 Å². The average molecular weight is 225 g/mol. The van der Waals surface area contributed by atoms with E-state index in [0.717, 1.165) is 0 Å². The van der Waals surface area contributed by atoms with Gasteiger partial charge in [-0.15, -0.1) is 11.3 Å². The van der Waals surface area contributed by atoms with Crippen molar-refractivity contribution in [2.24, 2.45) is 5.92 Å². The zero-order valence-corrected chi connectivity index (χ0v) is 11.4. The summed E-state index contributed by atoms with van der Waals surface area (Å²) in [5.41, 5.74) is 3.74. The number of hydrogen-bond acceptors (Lipinski definition) is 2. The highest BCUT2D eigenvalue weighted by Crippen LogP contribution is 2.42. The second-order valence-electron chi connectivity index (χ2n) is 4.55. The first-order valence-corrected chi connectivity index (χ1v) is 6.95. The molecule has 1 nitrogen and oxygen atoms in total. The highest BCUT2D eigenvalue weighted by Gasteiger charge is 2.36. The first-order chi connectivity index (χ1) is 7.14. The van der Waals surface area contributed by atoms with Crippen LogP contribution in [0, 0.1) is 5.92 Å². The number of thiazole rings is 1. The van der Waals surface area contributed by atoms with Gasteiger partial charge in [0.25, 0.3) is 0 Å². The number of rotatable bonds is 1. The highest BCUT2D eigenvalue weighted by atomic mass is 32.1. The fourth-order valence-electron chi connectivity index (χ4n) is 2.21. The van der Waals surface area contributed by atoms with Gasteiger partial charge < -0.3 is 0 Å². The molecule has 1 aliphatic carbocycles. The standard InChI is InChI=1S/C11H17NS.C2H6/c1-8(2)11(3)6-4-5-9-10(11)12-7-13-9;1-2/h7-8H,4-6H2,1-3H3;1-2H3. The smallest absolute Gasteiger partial charge is 0.0797 e. The molecule has 0 fully saturated rings. The molecule has 0 radical (unpaired) electrons. The summed E-state index contributed by atoms with van der Waals surface area (Å²) >= 11 is 1.83. The maximum absolute atomic E-state index is 4.55. The summed E-state index contributed by atoms with van der Waals surface area (Å²) in [7, 11) is 0. The van der Waals surface area contributed by atoms with Crippen molar-refractivity contribution < 1.29 is 0 Å². The van der Waals surface area contributed by atoms with E-state index < -0.39 is 0 Å². The van der Waals surface area contributed by atoms with Crippen LogP contribution >= 0.6 is 11.3 Å². The fourth-order valence-corrected chi connectivity index (χ4v) is 3.16. The van der Waals surface area contributed by atoms with E-state index in [1.54, 1.807) is 0 Å². The first kappa shape index (κ1) is 12.7. The van der Waals surface area contributed by atoms with Crippen LogP contribution in [0.2, 0.25) is 0 Å². The van der Waals surface area contributed by atoms with Crippen molar-refractivity contribution in [2.45, 2.75) is 59.3 Å². The summed E-state index contributed by atoms with van der Waals surface area (Å²) in [6.45, 7) is 11.0. The van der Waals surface area contributed by atoms with Gasteiger partial charge in [0.05, 0.1) is 11.2 Å². The molecule has 0 saturated heterocycles. The van der Waals surface area contributed by atoms with E-state index in [0.29, 0.717) is 11.3 Å². The summed E-state index contributed by atoms with van der Waals surface area (Å²) in [6.07, 6.45) is 3.90. The van der Waals surface area contributed by atoms with Crippen LogP contribution < -0.4 is 0 Å². The minimum absolute atomic E-state index is 0.341. The van der Waals surface area contributed by atoms with E-state index in [1.807, 2.05) is 30.7 Å². The second kappa shape index (κ2) is 5.11. The Morgan fingerprint density at radius 1 is 1.40 bits per heavy atom. The molecule has 0 aliphatic heterocycles. The predicted octanol–water partition coefficient (Wildman–Crippen LogP) is 4.42. The van der Waals surface area contributed by atoms with E-state index in [4.69, 9.17) is 0 Å². The molecule has 86 valence electrons. The molecule has 0 aromatic carbocycles. The average Bonchev–Trinajstić information content (AvgIpc) is 2.70. The lowest BCUT2D eigenvalue weighted by molar-refractivity contribution is 0.284. The van der Waals surface area contributed by atoms with Gasteiger partial charge in [-0.2, -0.15) is 0 Å². The van der Waals surface area contributed by atoms with Crippen LogP contribution in [0.15, 0.2) is 5.51 Å². The molecule has 1 aromatic rings.